The quantitative estimate of drug-likeness (QED) is 0.0852. The summed E-state index contributed by atoms with van der Waals surface area (Å²) in [5.74, 6) is -0.220. The topological polar surface area (TPSA) is 173 Å². The largest absolute Gasteiger partial charge is 0.353 e. The summed E-state index contributed by atoms with van der Waals surface area (Å²) in [7, 11) is 0. The van der Waals surface area contributed by atoms with Gasteiger partial charge in [0.2, 0.25) is 0 Å². The number of nitrogens with one attached hydrogen (secondary N) is 5. The number of carbonyl (C=O) groups excluding carboxylic acids is 1. The molecule has 5 N–H and O–H groups in total. The number of fused-ring (bicyclic) bond motifs is 4. The summed E-state index contributed by atoms with van der Waals surface area (Å²) in [5.41, 5.74) is 18.1. The maximum Gasteiger partial charge on any atom is 0.255 e. The van der Waals surface area contributed by atoms with Gasteiger partial charge in [-0.15, -0.1) is 22.7 Å². The van der Waals surface area contributed by atoms with E-state index in [0.717, 1.165) is 119 Å². The van der Waals surface area contributed by atoms with Crippen molar-refractivity contribution in [3.05, 3.63) is 174 Å². The van der Waals surface area contributed by atoms with Crippen LogP contribution in [0.25, 0.3) is 121 Å². The molecule has 14 rings (SSSR count). The third-order valence-electron chi connectivity index (χ3n) is 13.8. The highest BCUT2D eigenvalue weighted by atomic mass is 32.1. The number of aromatic amines is 4. The number of likely N-dealkylation sites (tertiary alicyclic amines) is 1. The Kier molecular flexibility index (Phi) is 10.4. The van der Waals surface area contributed by atoms with Gasteiger partial charge in [-0.05, 0) is 127 Å². The first-order valence-corrected chi connectivity index (χ1v) is 25.9. The summed E-state index contributed by atoms with van der Waals surface area (Å²) in [6.45, 7) is 3.16. The molecule has 352 valence electrons. The molecule has 0 aliphatic carbocycles. The fraction of sp³-hybridized carbons (Fsp3) is 0.0862. The van der Waals surface area contributed by atoms with Crippen LogP contribution >= 0.6 is 22.7 Å². The van der Waals surface area contributed by atoms with Crippen molar-refractivity contribution < 1.29 is 4.79 Å². The normalized spacial score (nSPS) is 13.0. The van der Waals surface area contributed by atoms with Crippen molar-refractivity contribution in [3.8, 4) is 77.3 Å². The molecule has 15 heteroatoms. The number of H-pyrrole nitrogens is 4. The molecule has 73 heavy (non-hydrogen) atoms. The van der Waals surface area contributed by atoms with Gasteiger partial charge in [0, 0.05) is 90.1 Å². The second-order valence-corrected chi connectivity index (χ2v) is 20.3. The number of rotatable bonds is 11. The molecule has 1 aliphatic heterocycles. The van der Waals surface area contributed by atoms with Crippen molar-refractivity contribution in [1.29, 1.82) is 0 Å². The summed E-state index contributed by atoms with van der Waals surface area (Å²) in [5, 5.41) is 25.9. The molecule has 0 atom stereocenters. The van der Waals surface area contributed by atoms with E-state index in [2.05, 4.69) is 130 Å². The number of carbonyl (C=O) groups is 1. The standard InChI is InChI=1S/C58H42N12OS2/c71-58(34-9-2-1-3-10-34)61-38-22-36(29-60-30-38)48-24-41(53-57(65-48)56(69-67-53)50-25-42-39(51-15-8-20-72-51)11-6-13-45(42)63-50)37-23-52(73-32-37)40-12-7-14-46-43(40)26-49(62-46)55-54-47(66-68-55)17-16-44(64-54)35-21-33(27-59-28-35)31-70-18-4-5-19-70/h1-3,6-17,20-30,32,62-63H,4-5,18-19,31H2,(H,61,71)(H,66,68)(H,67,69). The van der Waals surface area contributed by atoms with E-state index in [1.807, 2.05) is 48.8 Å². The van der Waals surface area contributed by atoms with E-state index in [0.29, 0.717) is 28.2 Å². The maximum absolute atomic E-state index is 13.3. The number of anilines is 1. The molecular formula is C58H42N12OS2. The van der Waals surface area contributed by atoms with Crippen LogP contribution in [-0.4, -0.2) is 74.2 Å². The number of hydrogen-bond donors (Lipinski definition) is 5. The van der Waals surface area contributed by atoms with Gasteiger partial charge in [0.1, 0.15) is 22.4 Å². The fourth-order valence-electron chi connectivity index (χ4n) is 10.2. The monoisotopic (exact) mass is 986 g/mol. The Labute approximate surface area is 425 Å². The Morgan fingerprint density at radius 1 is 0.589 bits per heavy atom. The Balaban J connectivity index is 0.842. The average Bonchev–Trinajstić information content (AvgIpc) is 4.29. The lowest BCUT2D eigenvalue weighted by atomic mass is 10.0. The van der Waals surface area contributed by atoms with Gasteiger partial charge in [-0.1, -0.05) is 48.5 Å². The minimum absolute atomic E-state index is 0.220. The SMILES string of the molecule is O=C(Nc1cncc(-c2cc(-c3csc(-c4cccc5[nH]c(-c6n[nH]c7ccc(-c8cncc(CN9CCCC9)c8)nc67)cc45)c3)c3[nH]nc(-c4cc5c(-c6cccs6)cccc5[nH]4)c3n2)c1)c1ccccc1. The molecule has 0 bridgehead atoms. The number of amides is 1. The highest BCUT2D eigenvalue weighted by Gasteiger charge is 2.22. The fourth-order valence-corrected chi connectivity index (χ4v) is 11.9. The van der Waals surface area contributed by atoms with Gasteiger partial charge >= 0.3 is 0 Å². The molecule has 11 heterocycles. The van der Waals surface area contributed by atoms with E-state index in [9.17, 15) is 4.79 Å². The third kappa shape index (κ3) is 7.86. The van der Waals surface area contributed by atoms with Gasteiger partial charge in [-0.25, -0.2) is 9.97 Å². The third-order valence-corrected chi connectivity index (χ3v) is 15.6. The van der Waals surface area contributed by atoms with Gasteiger partial charge in [-0.3, -0.25) is 29.9 Å². The van der Waals surface area contributed by atoms with Gasteiger partial charge in [0.05, 0.1) is 45.7 Å². The summed E-state index contributed by atoms with van der Waals surface area (Å²) < 4.78 is 0. The average molecular weight is 987 g/mol. The zero-order chi connectivity index (χ0) is 48.4. The minimum Gasteiger partial charge on any atom is -0.353 e. The molecule has 1 fully saturated rings. The first-order valence-electron chi connectivity index (χ1n) is 24.1. The first kappa shape index (κ1) is 42.9. The second-order valence-electron chi connectivity index (χ2n) is 18.4. The smallest absolute Gasteiger partial charge is 0.255 e. The van der Waals surface area contributed by atoms with E-state index in [4.69, 9.17) is 20.2 Å². The van der Waals surface area contributed by atoms with Gasteiger partial charge in [0.25, 0.3) is 5.91 Å². The molecule has 13 aromatic rings. The zero-order valence-electron chi connectivity index (χ0n) is 39.0. The van der Waals surface area contributed by atoms with Crippen LogP contribution < -0.4 is 5.32 Å². The highest BCUT2D eigenvalue weighted by Crippen LogP contribution is 2.43. The van der Waals surface area contributed by atoms with E-state index >= 15 is 0 Å². The van der Waals surface area contributed by atoms with Crippen LogP contribution in [-0.2, 0) is 6.54 Å². The van der Waals surface area contributed by atoms with E-state index in [1.165, 1.54) is 23.3 Å². The number of nitrogens with zero attached hydrogens (tertiary/aromatic N) is 7. The minimum atomic E-state index is -0.220. The molecule has 13 nitrogen and oxygen atoms in total. The molecular weight excluding hydrogens is 945 g/mol. The van der Waals surface area contributed by atoms with Crippen molar-refractivity contribution in [2.45, 2.75) is 19.4 Å². The van der Waals surface area contributed by atoms with Crippen LogP contribution in [0, 0.1) is 0 Å². The molecule has 1 amide bonds. The summed E-state index contributed by atoms with van der Waals surface area (Å²) >= 11 is 3.40. The van der Waals surface area contributed by atoms with Crippen molar-refractivity contribution in [2.75, 3.05) is 18.4 Å². The lowest BCUT2D eigenvalue weighted by Gasteiger charge is -2.14. The molecule has 0 saturated carbocycles. The van der Waals surface area contributed by atoms with Crippen molar-refractivity contribution in [2.24, 2.45) is 0 Å². The van der Waals surface area contributed by atoms with E-state index < -0.39 is 0 Å². The van der Waals surface area contributed by atoms with Crippen LogP contribution in [0.2, 0.25) is 0 Å². The zero-order valence-corrected chi connectivity index (χ0v) is 40.6. The number of thiophene rings is 2. The lowest BCUT2D eigenvalue weighted by Crippen LogP contribution is -2.18. The lowest BCUT2D eigenvalue weighted by molar-refractivity contribution is 0.102. The van der Waals surface area contributed by atoms with Crippen molar-refractivity contribution in [1.82, 2.24) is 55.2 Å². The first-order chi connectivity index (χ1) is 36.0. The number of hydrogen-bond acceptors (Lipinski definition) is 10. The predicted molar refractivity (Wildman–Crippen MR) is 293 cm³/mol. The van der Waals surface area contributed by atoms with Crippen LogP contribution in [0.4, 0.5) is 5.69 Å². The highest BCUT2D eigenvalue weighted by molar-refractivity contribution is 7.14. The summed E-state index contributed by atoms with van der Waals surface area (Å²) in [4.78, 5) is 45.0. The Bertz CT molecular complexity index is 4220. The van der Waals surface area contributed by atoms with Gasteiger partial charge in [0.15, 0.2) is 0 Å². The van der Waals surface area contributed by atoms with Crippen molar-refractivity contribution in [3.63, 3.8) is 0 Å². The van der Waals surface area contributed by atoms with Crippen LogP contribution in [0.1, 0.15) is 28.8 Å². The number of pyridine rings is 4. The summed E-state index contributed by atoms with van der Waals surface area (Å²) in [6, 6.07) is 42.9. The Hall–Kier alpha value is -8.89. The molecule has 3 aromatic carbocycles. The molecule has 0 spiro atoms. The molecule has 0 radical (unpaired) electrons. The van der Waals surface area contributed by atoms with Crippen LogP contribution in [0.5, 0.6) is 0 Å². The van der Waals surface area contributed by atoms with Crippen molar-refractivity contribution >= 4 is 78.1 Å². The van der Waals surface area contributed by atoms with Gasteiger partial charge in [-0.2, -0.15) is 10.2 Å². The van der Waals surface area contributed by atoms with Gasteiger partial charge < -0.3 is 15.3 Å². The maximum atomic E-state index is 13.3. The van der Waals surface area contributed by atoms with E-state index in [-0.39, 0.29) is 5.91 Å². The van der Waals surface area contributed by atoms with E-state index in [1.54, 1.807) is 47.2 Å². The van der Waals surface area contributed by atoms with Crippen LogP contribution in [0.3, 0.4) is 0 Å². The van der Waals surface area contributed by atoms with Crippen LogP contribution in [0.15, 0.2) is 163 Å². The molecule has 10 aromatic heterocycles. The Morgan fingerprint density at radius 2 is 1.32 bits per heavy atom. The number of aromatic nitrogens is 10. The number of benzene rings is 3. The molecule has 1 saturated heterocycles. The molecule has 0 unspecified atom stereocenters. The predicted octanol–water partition coefficient (Wildman–Crippen LogP) is 13.6. The summed E-state index contributed by atoms with van der Waals surface area (Å²) in [6.07, 6.45) is 9.79. The Morgan fingerprint density at radius 3 is 2.10 bits per heavy atom. The molecule has 1 aliphatic rings. The second kappa shape index (κ2) is 17.8.